The molecule has 2 atom stereocenters. The Bertz CT molecular complexity index is 1460. The number of methoxy groups -OCH3 is 1. The van der Waals surface area contributed by atoms with Crippen molar-refractivity contribution in [1.29, 1.82) is 5.26 Å². The molecule has 0 radical (unpaired) electrons. The Labute approximate surface area is 244 Å². The largest absolute Gasteiger partial charge is 0.467 e. The molecular weight excluding hydrogens is 536 g/mol. The topological polar surface area (TPSA) is 124 Å². The Kier molecular flexibility index (Phi) is 9.90. The van der Waals surface area contributed by atoms with Crippen molar-refractivity contribution in [2.45, 2.75) is 31.5 Å². The molecule has 2 heterocycles. The molecule has 1 unspecified atom stereocenters. The number of piperidine rings is 1. The number of nitrogens with one attached hydrogen (secondary N) is 1. The summed E-state index contributed by atoms with van der Waals surface area (Å²) >= 11 is 1.26. The zero-order valence-electron chi connectivity index (χ0n) is 23.2. The van der Waals surface area contributed by atoms with Crippen LogP contribution in [-0.2, 0) is 16.1 Å². The van der Waals surface area contributed by atoms with Crippen LogP contribution >= 0.6 is 11.3 Å². The molecule has 1 aromatic heterocycles. The number of likely N-dealkylation sites (tertiary alicyclic amines) is 1. The van der Waals surface area contributed by atoms with E-state index in [4.69, 9.17) is 15.5 Å². The lowest BCUT2D eigenvalue weighted by atomic mass is 10.1. The number of carbonyl (C=O) groups is 2. The molecule has 1 saturated heterocycles. The van der Waals surface area contributed by atoms with Crippen LogP contribution in [0.4, 0.5) is 5.69 Å². The van der Waals surface area contributed by atoms with Gasteiger partial charge in [0.2, 0.25) is 0 Å². The van der Waals surface area contributed by atoms with E-state index in [9.17, 15) is 14.9 Å². The first-order valence-electron chi connectivity index (χ1n) is 13.3. The molecule has 3 aromatic rings. The van der Waals surface area contributed by atoms with Gasteiger partial charge in [0, 0.05) is 49.4 Å². The first kappa shape index (κ1) is 29.5. The Morgan fingerprint density at radius 2 is 2.02 bits per heavy atom. The molecule has 0 saturated carbocycles. The molecule has 1 fully saturated rings. The highest BCUT2D eigenvalue weighted by Gasteiger charge is 2.27. The van der Waals surface area contributed by atoms with Crippen LogP contribution in [0.1, 0.15) is 50.8 Å². The van der Waals surface area contributed by atoms with Gasteiger partial charge in [0.05, 0.1) is 30.8 Å². The molecule has 1 aliphatic heterocycles. The summed E-state index contributed by atoms with van der Waals surface area (Å²) in [5.41, 5.74) is 9.64. The quantitative estimate of drug-likeness (QED) is 0.210. The molecule has 4 rings (SSSR count). The summed E-state index contributed by atoms with van der Waals surface area (Å²) in [6.07, 6.45) is 3.65. The molecule has 41 heavy (non-hydrogen) atoms. The number of benzene rings is 2. The number of ether oxygens (including phenoxy) is 1. The van der Waals surface area contributed by atoms with Crippen molar-refractivity contribution in [2.24, 2.45) is 10.7 Å². The summed E-state index contributed by atoms with van der Waals surface area (Å²) in [4.78, 5) is 35.2. The number of hydrogen-bond acceptors (Lipinski definition) is 8. The minimum Gasteiger partial charge on any atom is -0.467 e. The van der Waals surface area contributed by atoms with Crippen LogP contribution in [0.25, 0.3) is 5.70 Å². The third-order valence-corrected chi connectivity index (χ3v) is 7.86. The summed E-state index contributed by atoms with van der Waals surface area (Å²) in [5.74, 6) is -0.705. The van der Waals surface area contributed by atoms with Crippen LogP contribution in [0.2, 0.25) is 0 Å². The maximum Gasteiger partial charge on any atom is 0.332 e. The van der Waals surface area contributed by atoms with Crippen molar-refractivity contribution in [3.05, 3.63) is 93.7 Å². The average Bonchev–Trinajstić information content (AvgIpc) is 3.42. The van der Waals surface area contributed by atoms with Gasteiger partial charge < -0.3 is 25.6 Å². The van der Waals surface area contributed by atoms with E-state index < -0.39 is 12.0 Å². The van der Waals surface area contributed by atoms with E-state index in [-0.39, 0.29) is 18.5 Å². The van der Waals surface area contributed by atoms with Crippen molar-refractivity contribution in [1.82, 2.24) is 15.1 Å². The third kappa shape index (κ3) is 7.20. The zero-order chi connectivity index (χ0) is 29.4. The Morgan fingerprint density at radius 3 is 2.73 bits per heavy atom. The van der Waals surface area contributed by atoms with Gasteiger partial charge in [-0.1, -0.05) is 55.1 Å². The summed E-state index contributed by atoms with van der Waals surface area (Å²) < 4.78 is 5.05. The summed E-state index contributed by atoms with van der Waals surface area (Å²) in [7, 11) is 3.03. The van der Waals surface area contributed by atoms with Crippen molar-refractivity contribution in [2.75, 3.05) is 27.2 Å². The van der Waals surface area contributed by atoms with E-state index >= 15 is 0 Å². The molecule has 0 spiro atoms. The van der Waals surface area contributed by atoms with Gasteiger partial charge in [0.1, 0.15) is 4.88 Å². The third-order valence-electron chi connectivity index (χ3n) is 6.90. The van der Waals surface area contributed by atoms with E-state index in [0.717, 1.165) is 30.5 Å². The SMILES string of the molecule is C=C(NC(C(=O)OC)c1ccccc1)c1csc(C(=O)N(C)Cc2ccccc2C#N)c1N=CN1CCC[C@@H](N)C1. The van der Waals surface area contributed by atoms with Crippen LogP contribution in [0.15, 0.2) is 71.5 Å². The predicted octanol–water partition coefficient (Wildman–Crippen LogP) is 4.45. The lowest BCUT2D eigenvalue weighted by Crippen LogP contribution is -2.41. The number of hydrogen-bond donors (Lipinski definition) is 2. The predicted molar refractivity (Wildman–Crippen MR) is 162 cm³/mol. The van der Waals surface area contributed by atoms with Crippen molar-refractivity contribution in [3.8, 4) is 6.07 Å². The second-order valence-electron chi connectivity index (χ2n) is 9.89. The molecule has 9 nitrogen and oxygen atoms in total. The van der Waals surface area contributed by atoms with Gasteiger partial charge in [-0.25, -0.2) is 9.79 Å². The van der Waals surface area contributed by atoms with Gasteiger partial charge in [0.15, 0.2) is 6.04 Å². The highest BCUT2D eigenvalue weighted by atomic mass is 32.1. The van der Waals surface area contributed by atoms with E-state index in [1.165, 1.54) is 18.4 Å². The fraction of sp³-hybridized carbons (Fsp3) is 0.290. The normalized spacial score (nSPS) is 15.7. The maximum atomic E-state index is 13.7. The second kappa shape index (κ2) is 13.7. The number of rotatable bonds is 10. The zero-order valence-corrected chi connectivity index (χ0v) is 24.1. The highest BCUT2D eigenvalue weighted by Crippen LogP contribution is 2.36. The molecule has 1 aliphatic rings. The van der Waals surface area contributed by atoms with E-state index in [1.54, 1.807) is 30.4 Å². The monoisotopic (exact) mass is 570 g/mol. The van der Waals surface area contributed by atoms with E-state index in [1.807, 2.05) is 52.7 Å². The standard InChI is InChI=1S/C31H34N6O3S/c1-21(35-27(31(39)40-3)22-10-5-4-6-11-22)26-19-41-29(28(26)34-20-37-15-9-14-25(33)18-37)30(38)36(2)17-24-13-8-7-12-23(24)16-32/h4-8,10-13,19-20,25,27,35H,1,9,14-15,17-18,33H2,2-3H3/t25-,27?/m1/s1. The Morgan fingerprint density at radius 1 is 1.29 bits per heavy atom. The van der Waals surface area contributed by atoms with Crippen LogP contribution < -0.4 is 11.1 Å². The number of thiophene rings is 1. The first-order chi connectivity index (χ1) is 19.8. The Hall–Kier alpha value is -4.46. The molecule has 0 bridgehead atoms. The molecule has 1 amide bonds. The van der Waals surface area contributed by atoms with Crippen LogP contribution in [0, 0.1) is 11.3 Å². The minimum absolute atomic E-state index is 0.0629. The van der Waals surface area contributed by atoms with Crippen molar-refractivity contribution >= 4 is 40.9 Å². The first-order valence-corrected chi connectivity index (χ1v) is 14.2. The maximum absolute atomic E-state index is 13.7. The van der Waals surface area contributed by atoms with E-state index in [2.05, 4.69) is 18.0 Å². The Balaban J connectivity index is 1.66. The fourth-order valence-electron chi connectivity index (χ4n) is 4.69. The number of nitrogens with two attached hydrogens (primary N) is 1. The van der Waals surface area contributed by atoms with Crippen LogP contribution in [0.5, 0.6) is 0 Å². The number of nitriles is 1. The number of carbonyl (C=O) groups excluding carboxylic acids is 2. The highest BCUT2D eigenvalue weighted by molar-refractivity contribution is 7.13. The number of esters is 1. The van der Waals surface area contributed by atoms with Gasteiger partial charge in [-0.3, -0.25) is 4.79 Å². The fourth-order valence-corrected chi connectivity index (χ4v) is 5.71. The molecule has 2 aromatic carbocycles. The van der Waals surface area contributed by atoms with Gasteiger partial charge in [-0.05, 0) is 30.0 Å². The molecule has 0 aliphatic carbocycles. The summed E-state index contributed by atoms with van der Waals surface area (Å²) in [6.45, 7) is 5.96. The molecule has 10 heteroatoms. The summed E-state index contributed by atoms with van der Waals surface area (Å²) in [5, 5.41) is 14.5. The van der Waals surface area contributed by atoms with Crippen molar-refractivity contribution in [3.63, 3.8) is 0 Å². The number of nitrogens with zero attached hydrogens (tertiary/aromatic N) is 4. The van der Waals surface area contributed by atoms with Gasteiger partial charge >= 0.3 is 5.97 Å². The number of amides is 1. The van der Waals surface area contributed by atoms with Crippen molar-refractivity contribution < 1.29 is 14.3 Å². The van der Waals surface area contributed by atoms with Crippen LogP contribution in [-0.4, -0.2) is 61.3 Å². The number of aliphatic imine (C=N–C) groups is 1. The van der Waals surface area contributed by atoms with Crippen LogP contribution in [0.3, 0.4) is 0 Å². The lowest BCUT2D eigenvalue weighted by Gasteiger charge is -2.28. The summed E-state index contributed by atoms with van der Waals surface area (Å²) in [6, 6.07) is 17.9. The second-order valence-corrected chi connectivity index (χ2v) is 10.8. The smallest absolute Gasteiger partial charge is 0.332 e. The van der Waals surface area contributed by atoms with Gasteiger partial charge in [0.25, 0.3) is 5.91 Å². The molecule has 3 N–H and O–H groups in total. The van der Waals surface area contributed by atoms with Gasteiger partial charge in [-0.2, -0.15) is 5.26 Å². The average molecular weight is 571 g/mol. The minimum atomic E-state index is -0.796. The molecule has 212 valence electrons. The molecular formula is C31H34N6O3S. The van der Waals surface area contributed by atoms with E-state index in [0.29, 0.717) is 33.9 Å². The lowest BCUT2D eigenvalue weighted by molar-refractivity contribution is -0.142. The van der Waals surface area contributed by atoms with Gasteiger partial charge in [-0.15, -0.1) is 11.3 Å².